The molecule has 0 bridgehead atoms. The summed E-state index contributed by atoms with van der Waals surface area (Å²) in [5, 5.41) is 2.83. The third-order valence-electron chi connectivity index (χ3n) is 2.45. The maximum absolute atomic E-state index is 11.5. The fraction of sp³-hybridized carbons (Fsp3) is 0.417. The Bertz CT molecular complexity index is 407. The van der Waals surface area contributed by atoms with Crippen LogP contribution in [-0.4, -0.2) is 19.1 Å². The number of amides is 1. The van der Waals surface area contributed by atoms with Crippen LogP contribution in [-0.2, 0) is 4.79 Å². The van der Waals surface area contributed by atoms with Gasteiger partial charge in [0.15, 0.2) is 0 Å². The molecule has 0 heterocycles. The molecular weight excluding hydrogens is 284 g/mol. The van der Waals surface area contributed by atoms with Gasteiger partial charge in [0.1, 0.15) is 5.75 Å². The molecule has 1 rings (SSSR count). The average molecular weight is 301 g/mol. The molecule has 17 heavy (non-hydrogen) atoms. The molecule has 1 amide bonds. The van der Waals surface area contributed by atoms with E-state index in [0.717, 1.165) is 15.8 Å². The Kier molecular flexibility index (Phi) is 4.96. The van der Waals surface area contributed by atoms with E-state index in [2.05, 4.69) is 21.2 Å². The van der Waals surface area contributed by atoms with Gasteiger partial charge in [0.25, 0.3) is 0 Å². The highest BCUT2D eigenvalue weighted by Gasteiger charge is 2.13. The standard InChI is InChI=1S/C12H17BrN2O2/c1-7(14)12(16)15-8(2)9-4-5-11(17-3)10(13)6-9/h4-8H,14H2,1-3H3,(H,15,16). The lowest BCUT2D eigenvalue weighted by atomic mass is 10.1. The van der Waals surface area contributed by atoms with E-state index in [1.54, 1.807) is 14.0 Å². The van der Waals surface area contributed by atoms with Gasteiger partial charge in [-0.05, 0) is 47.5 Å². The highest BCUT2D eigenvalue weighted by molar-refractivity contribution is 9.10. The van der Waals surface area contributed by atoms with E-state index in [1.165, 1.54) is 0 Å². The van der Waals surface area contributed by atoms with Crippen molar-refractivity contribution in [2.75, 3.05) is 7.11 Å². The summed E-state index contributed by atoms with van der Waals surface area (Å²) in [4.78, 5) is 11.5. The van der Waals surface area contributed by atoms with Crippen LogP contribution in [0.2, 0.25) is 0 Å². The second kappa shape index (κ2) is 6.02. The van der Waals surface area contributed by atoms with Gasteiger partial charge in [-0.1, -0.05) is 6.07 Å². The summed E-state index contributed by atoms with van der Waals surface area (Å²) in [5.41, 5.74) is 6.49. The van der Waals surface area contributed by atoms with Gasteiger partial charge >= 0.3 is 0 Å². The predicted molar refractivity (Wildman–Crippen MR) is 70.9 cm³/mol. The molecule has 1 aromatic carbocycles. The van der Waals surface area contributed by atoms with Crippen LogP contribution in [0.4, 0.5) is 0 Å². The highest BCUT2D eigenvalue weighted by atomic mass is 79.9. The SMILES string of the molecule is COc1ccc(C(C)NC(=O)C(C)N)cc1Br. The lowest BCUT2D eigenvalue weighted by Crippen LogP contribution is -2.39. The number of hydrogen-bond acceptors (Lipinski definition) is 3. The number of carbonyl (C=O) groups is 1. The third kappa shape index (κ3) is 3.71. The Hall–Kier alpha value is -1.07. The van der Waals surface area contributed by atoms with Crippen molar-refractivity contribution in [3.63, 3.8) is 0 Å². The molecule has 0 aliphatic carbocycles. The van der Waals surface area contributed by atoms with Crippen molar-refractivity contribution in [1.82, 2.24) is 5.32 Å². The summed E-state index contributed by atoms with van der Waals surface area (Å²) < 4.78 is 6.01. The van der Waals surface area contributed by atoms with Gasteiger partial charge in [-0.2, -0.15) is 0 Å². The highest BCUT2D eigenvalue weighted by Crippen LogP contribution is 2.27. The second-order valence-corrected chi connectivity index (χ2v) is 4.77. The van der Waals surface area contributed by atoms with Crippen LogP contribution in [0.25, 0.3) is 0 Å². The topological polar surface area (TPSA) is 64.3 Å². The molecule has 4 nitrogen and oxygen atoms in total. The minimum Gasteiger partial charge on any atom is -0.496 e. The summed E-state index contributed by atoms with van der Waals surface area (Å²) in [7, 11) is 1.61. The number of halogens is 1. The lowest BCUT2D eigenvalue weighted by Gasteiger charge is -2.17. The van der Waals surface area contributed by atoms with Gasteiger partial charge < -0.3 is 15.8 Å². The first kappa shape index (κ1) is 14.0. The van der Waals surface area contributed by atoms with Crippen molar-refractivity contribution in [2.45, 2.75) is 25.9 Å². The summed E-state index contributed by atoms with van der Waals surface area (Å²) in [6, 6.07) is 5.10. The van der Waals surface area contributed by atoms with E-state index < -0.39 is 6.04 Å². The fourth-order valence-electron chi connectivity index (χ4n) is 1.38. The van der Waals surface area contributed by atoms with Gasteiger partial charge in [-0.25, -0.2) is 0 Å². The van der Waals surface area contributed by atoms with Crippen LogP contribution in [0.15, 0.2) is 22.7 Å². The molecule has 94 valence electrons. The quantitative estimate of drug-likeness (QED) is 0.894. The Balaban J connectivity index is 2.79. The van der Waals surface area contributed by atoms with Crippen LogP contribution in [0, 0.1) is 0 Å². The Morgan fingerprint density at radius 1 is 1.47 bits per heavy atom. The molecular formula is C12H17BrN2O2. The largest absolute Gasteiger partial charge is 0.496 e. The number of methoxy groups -OCH3 is 1. The van der Waals surface area contributed by atoms with Gasteiger partial charge in [-0.15, -0.1) is 0 Å². The molecule has 0 radical (unpaired) electrons. The predicted octanol–water partition coefficient (Wildman–Crippen LogP) is 1.98. The van der Waals surface area contributed by atoms with E-state index in [9.17, 15) is 4.79 Å². The van der Waals surface area contributed by atoms with Crippen molar-refractivity contribution in [2.24, 2.45) is 5.73 Å². The van der Waals surface area contributed by atoms with Crippen LogP contribution in [0.3, 0.4) is 0 Å². The molecule has 0 saturated carbocycles. The Morgan fingerprint density at radius 2 is 2.12 bits per heavy atom. The number of benzene rings is 1. The average Bonchev–Trinajstić information content (AvgIpc) is 2.28. The lowest BCUT2D eigenvalue weighted by molar-refractivity contribution is -0.122. The Morgan fingerprint density at radius 3 is 2.59 bits per heavy atom. The van der Waals surface area contributed by atoms with Crippen molar-refractivity contribution >= 4 is 21.8 Å². The van der Waals surface area contributed by atoms with E-state index in [1.807, 2.05) is 25.1 Å². The van der Waals surface area contributed by atoms with E-state index in [4.69, 9.17) is 10.5 Å². The summed E-state index contributed by atoms with van der Waals surface area (Å²) in [6.45, 7) is 3.57. The van der Waals surface area contributed by atoms with Crippen molar-refractivity contribution in [3.05, 3.63) is 28.2 Å². The first-order valence-corrected chi connectivity index (χ1v) is 6.14. The number of nitrogens with two attached hydrogens (primary N) is 1. The number of hydrogen-bond donors (Lipinski definition) is 2. The van der Waals surface area contributed by atoms with Crippen molar-refractivity contribution < 1.29 is 9.53 Å². The van der Waals surface area contributed by atoms with Crippen LogP contribution < -0.4 is 15.8 Å². The maximum Gasteiger partial charge on any atom is 0.237 e. The zero-order chi connectivity index (χ0) is 13.0. The number of ether oxygens (including phenoxy) is 1. The van der Waals surface area contributed by atoms with Crippen molar-refractivity contribution in [1.29, 1.82) is 0 Å². The molecule has 0 aromatic heterocycles. The molecule has 1 aromatic rings. The van der Waals surface area contributed by atoms with E-state index in [-0.39, 0.29) is 11.9 Å². The first-order valence-electron chi connectivity index (χ1n) is 5.35. The second-order valence-electron chi connectivity index (χ2n) is 3.91. The van der Waals surface area contributed by atoms with E-state index >= 15 is 0 Å². The van der Waals surface area contributed by atoms with Gasteiger partial charge in [0, 0.05) is 0 Å². The molecule has 0 fully saturated rings. The zero-order valence-electron chi connectivity index (χ0n) is 10.2. The van der Waals surface area contributed by atoms with Crippen LogP contribution in [0.5, 0.6) is 5.75 Å². The molecule has 3 N–H and O–H groups in total. The smallest absolute Gasteiger partial charge is 0.237 e. The number of carbonyl (C=O) groups excluding carboxylic acids is 1. The van der Waals surface area contributed by atoms with Gasteiger partial charge in [0.2, 0.25) is 5.91 Å². The Labute approximate surface area is 110 Å². The van der Waals surface area contributed by atoms with Gasteiger partial charge in [-0.3, -0.25) is 4.79 Å². The number of nitrogens with one attached hydrogen (secondary N) is 1. The minimum absolute atomic E-state index is 0.0873. The summed E-state index contributed by atoms with van der Waals surface area (Å²) in [6.07, 6.45) is 0. The molecule has 0 saturated heterocycles. The van der Waals surface area contributed by atoms with E-state index in [0.29, 0.717) is 0 Å². The number of rotatable bonds is 4. The van der Waals surface area contributed by atoms with Gasteiger partial charge in [0.05, 0.1) is 23.7 Å². The maximum atomic E-state index is 11.5. The zero-order valence-corrected chi connectivity index (χ0v) is 11.7. The molecule has 5 heteroatoms. The fourth-order valence-corrected chi connectivity index (χ4v) is 1.94. The molecule has 0 aliphatic rings. The van der Waals surface area contributed by atoms with Crippen LogP contribution in [0.1, 0.15) is 25.5 Å². The summed E-state index contributed by atoms with van der Waals surface area (Å²) >= 11 is 3.41. The molecule has 2 atom stereocenters. The summed E-state index contributed by atoms with van der Waals surface area (Å²) in [5.74, 6) is 0.601. The first-order chi connectivity index (χ1) is 7.95. The molecule has 0 spiro atoms. The third-order valence-corrected chi connectivity index (χ3v) is 3.07. The van der Waals surface area contributed by atoms with Crippen molar-refractivity contribution in [3.8, 4) is 5.75 Å². The molecule has 2 unspecified atom stereocenters. The van der Waals surface area contributed by atoms with Crippen LogP contribution >= 0.6 is 15.9 Å². The monoisotopic (exact) mass is 300 g/mol. The molecule has 0 aliphatic heterocycles. The normalized spacial score (nSPS) is 13.9. The minimum atomic E-state index is -0.501.